The van der Waals surface area contributed by atoms with Gasteiger partial charge < -0.3 is 0 Å². The van der Waals surface area contributed by atoms with Gasteiger partial charge in [-0.1, -0.05) is 103 Å². The Morgan fingerprint density at radius 2 is 0.891 bits per heavy atom. The van der Waals surface area contributed by atoms with E-state index in [4.69, 9.17) is 0 Å². The van der Waals surface area contributed by atoms with E-state index in [1.807, 2.05) is 53.0 Å². The average Bonchev–Trinajstić information content (AvgIpc) is 3.69. The molecule has 0 aliphatic carbocycles. The SMILES string of the molecule is N#Cc1cc(-c2ccccc2)cc(-c2cc(-c3ccc4c(c3)sc3ccccc34)ccc2-c2ccc3c(c2)sc2ccccc23)c1. The molecule has 0 unspecified atom stereocenters. The van der Waals surface area contributed by atoms with Crippen LogP contribution in [0.3, 0.4) is 0 Å². The molecule has 0 saturated carbocycles. The Kier molecular flexibility index (Phi) is 6.31. The Hall–Kier alpha value is -5.53. The number of thiophene rings is 2. The van der Waals surface area contributed by atoms with Crippen molar-refractivity contribution in [3.63, 3.8) is 0 Å². The average molecular weight is 620 g/mol. The van der Waals surface area contributed by atoms with Crippen LogP contribution in [0.1, 0.15) is 5.56 Å². The van der Waals surface area contributed by atoms with E-state index < -0.39 is 0 Å². The van der Waals surface area contributed by atoms with Gasteiger partial charge in [0.05, 0.1) is 11.6 Å². The third kappa shape index (κ3) is 4.51. The Balaban J connectivity index is 1.26. The van der Waals surface area contributed by atoms with Gasteiger partial charge in [-0.15, -0.1) is 22.7 Å². The summed E-state index contributed by atoms with van der Waals surface area (Å²) in [4.78, 5) is 0. The maximum atomic E-state index is 10.1. The van der Waals surface area contributed by atoms with Crippen molar-refractivity contribution >= 4 is 63.0 Å². The van der Waals surface area contributed by atoms with Gasteiger partial charge >= 0.3 is 0 Å². The van der Waals surface area contributed by atoms with Gasteiger partial charge in [-0.3, -0.25) is 0 Å². The van der Waals surface area contributed by atoms with Crippen LogP contribution < -0.4 is 0 Å². The maximum absolute atomic E-state index is 10.1. The van der Waals surface area contributed by atoms with Gasteiger partial charge in [-0.25, -0.2) is 0 Å². The fourth-order valence-electron chi connectivity index (χ4n) is 6.66. The first-order valence-corrected chi connectivity index (χ1v) is 16.9. The molecular formula is C43H25NS2. The lowest BCUT2D eigenvalue weighted by atomic mass is 9.88. The van der Waals surface area contributed by atoms with Crippen LogP contribution in [0.15, 0.2) is 152 Å². The quantitative estimate of drug-likeness (QED) is 0.192. The highest BCUT2D eigenvalue weighted by Crippen LogP contribution is 2.42. The third-order valence-corrected chi connectivity index (χ3v) is 11.2. The number of nitrogens with zero attached hydrogens (tertiary/aromatic N) is 1. The molecule has 0 saturated heterocycles. The molecular weight excluding hydrogens is 595 g/mol. The summed E-state index contributed by atoms with van der Waals surface area (Å²) in [5.41, 5.74) is 9.61. The molecule has 0 N–H and O–H groups in total. The molecule has 0 fully saturated rings. The molecule has 0 spiro atoms. The Bertz CT molecular complexity index is 2650. The zero-order valence-electron chi connectivity index (χ0n) is 24.7. The largest absolute Gasteiger partial charge is 0.192 e. The molecule has 9 rings (SSSR count). The van der Waals surface area contributed by atoms with E-state index in [0.717, 1.165) is 33.4 Å². The molecule has 9 aromatic rings. The molecule has 0 amide bonds. The van der Waals surface area contributed by atoms with Gasteiger partial charge in [0, 0.05) is 40.3 Å². The second-order valence-electron chi connectivity index (χ2n) is 11.7. The molecule has 3 heteroatoms. The monoisotopic (exact) mass is 619 g/mol. The van der Waals surface area contributed by atoms with E-state index in [1.165, 1.54) is 51.5 Å². The Morgan fingerprint density at radius 3 is 1.59 bits per heavy atom. The van der Waals surface area contributed by atoms with Crippen molar-refractivity contribution in [2.45, 2.75) is 0 Å². The fraction of sp³-hybridized carbons (Fsp3) is 0. The smallest absolute Gasteiger partial charge is 0.0992 e. The summed E-state index contributed by atoms with van der Waals surface area (Å²) in [6, 6.07) is 56.7. The number of fused-ring (bicyclic) bond motifs is 6. The van der Waals surface area contributed by atoms with Crippen molar-refractivity contribution in [3.8, 4) is 50.6 Å². The van der Waals surface area contributed by atoms with Crippen molar-refractivity contribution in [1.82, 2.24) is 0 Å². The number of hydrogen-bond acceptors (Lipinski definition) is 3. The molecule has 214 valence electrons. The third-order valence-electron chi connectivity index (χ3n) is 8.90. The minimum absolute atomic E-state index is 0.652. The van der Waals surface area contributed by atoms with Crippen molar-refractivity contribution in [2.75, 3.05) is 0 Å². The number of benzene rings is 7. The van der Waals surface area contributed by atoms with E-state index in [9.17, 15) is 5.26 Å². The van der Waals surface area contributed by atoms with E-state index in [0.29, 0.717) is 5.56 Å². The van der Waals surface area contributed by atoms with Crippen LogP contribution in [-0.2, 0) is 0 Å². The summed E-state index contributed by atoms with van der Waals surface area (Å²) in [5.74, 6) is 0. The van der Waals surface area contributed by atoms with Crippen molar-refractivity contribution in [2.24, 2.45) is 0 Å². The normalized spacial score (nSPS) is 11.5. The molecule has 0 radical (unpaired) electrons. The number of hydrogen-bond donors (Lipinski definition) is 0. The van der Waals surface area contributed by atoms with Gasteiger partial charge in [0.2, 0.25) is 0 Å². The summed E-state index contributed by atoms with van der Waals surface area (Å²) < 4.78 is 5.18. The van der Waals surface area contributed by atoms with Gasteiger partial charge in [-0.2, -0.15) is 5.26 Å². The van der Waals surface area contributed by atoms with Gasteiger partial charge in [0.15, 0.2) is 0 Å². The zero-order valence-corrected chi connectivity index (χ0v) is 26.3. The lowest BCUT2D eigenvalue weighted by Gasteiger charge is -2.15. The minimum atomic E-state index is 0.652. The molecule has 2 heterocycles. The van der Waals surface area contributed by atoms with Crippen LogP contribution in [0.5, 0.6) is 0 Å². The molecule has 0 aliphatic heterocycles. The molecule has 2 aromatic heterocycles. The van der Waals surface area contributed by atoms with E-state index >= 15 is 0 Å². The summed E-state index contributed by atoms with van der Waals surface area (Å²) >= 11 is 3.68. The minimum Gasteiger partial charge on any atom is -0.192 e. The zero-order chi connectivity index (χ0) is 30.6. The van der Waals surface area contributed by atoms with Gasteiger partial charge in [0.25, 0.3) is 0 Å². The van der Waals surface area contributed by atoms with Crippen molar-refractivity contribution in [3.05, 3.63) is 157 Å². The summed E-state index contributed by atoms with van der Waals surface area (Å²) in [7, 11) is 0. The molecule has 1 nitrogen and oxygen atoms in total. The van der Waals surface area contributed by atoms with Crippen LogP contribution in [-0.4, -0.2) is 0 Å². The van der Waals surface area contributed by atoms with Gasteiger partial charge in [0.1, 0.15) is 0 Å². The van der Waals surface area contributed by atoms with Crippen molar-refractivity contribution in [1.29, 1.82) is 5.26 Å². The first-order valence-electron chi connectivity index (χ1n) is 15.3. The van der Waals surface area contributed by atoms with Crippen LogP contribution in [0.25, 0.3) is 84.9 Å². The second-order valence-corrected chi connectivity index (χ2v) is 13.8. The number of nitriles is 1. The predicted molar refractivity (Wildman–Crippen MR) is 199 cm³/mol. The van der Waals surface area contributed by atoms with Crippen molar-refractivity contribution < 1.29 is 0 Å². The first kappa shape index (κ1) is 26.8. The maximum Gasteiger partial charge on any atom is 0.0992 e. The Morgan fingerprint density at radius 1 is 0.348 bits per heavy atom. The van der Waals surface area contributed by atoms with Crippen LogP contribution in [0.4, 0.5) is 0 Å². The molecule has 0 atom stereocenters. The van der Waals surface area contributed by atoms with Crippen LogP contribution >= 0.6 is 22.7 Å². The highest BCUT2D eigenvalue weighted by molar-refractivity contribution is 7.26. The highest BCUT2D eigenvalue weighted by Gasteiger charge is 2.15. The van der Waals surface area contributed by atoms with Crippen LogP contribution in [0, 0.1) is 11.3 Å². The standard InChI is InChI=1S/C43H25NS2/c44-26-27-20-32(28-8-2-1-3-9-28)22-33(21-27)39-23-29(30-15-18-37-35-10-4-6-12-40(35)45-42(37)24-30)14-17-34(39)31-16-19-38-36-11-5-7-13-41(36)46-43(38)25-31/h1-25H. The summed E-state index contributed by atoms with van der Waals surface area (Å²) in [6.45, 7) is 0. The van der Waals surface area contributed by atoms with Gasteiger partial charge in [-0.05, 0) is 93.0 Å². The molecule has 46 heavy (non-hydrogen) atoms. The molecule has 0 bridgehead atoms. The van der Waals surface area contributed by atoms with E-state index in [1.54, 1.807) is 0 Å². The second kappa shape index (κ2) is 10.8. The lowest BCUT2D eigenvalue weighted by Crippen LogP contribution is -1.90. The fourth-order valence-corrected chi connectivity index (χ4v) is 8.95. The lowest BCUT2D eigenvalue weighted by molar-refractivity contribution is 1.48. The molecule has 7 aromatic carbocycles. The van der Waals surface area contributed by atoms with Crippen LogP contribution in [0.2, 0.25) is 0 Å². The summed E-state index contributed by atoms with van der Waals surface area (Å²) in [6.07, 6.45) is 0. The van der Waals surface area contributed by atoms with E-state index in [-0.39, 0.29) is 0 Å². The Labute approximate surface area is 274 Å². The highest BCUT2D eigenvalue weighted by atomic mass is 32.1. The summed E-state index contributed by atoms with van der Waals surface area (Å²) in [5, 5.41) is 15.3. The first-order chi connectivity index (χ1) is 22.7. The molecule has 0 aliphatic rings. The topological polar surface area (TPSA) is 23.8 Å². The number of rotatable bonds is 4. The van der Waals surface area contributed by atoms with E-state index in [2.05, 4.69) is 127 Å². The predicted octanol–water partition coefficient (Wildman–Crippen LogP) is 13.0.